The van der Waals surface area contributed by atoms with Gasteiger partial charge in [0.05, 0.1) is 5.56 Å². The first-order valence-electron chi connectivity index (χ1n) is 3.60. The van der Waals surface area contributed by atoms with E-state index in [1.807, 2.05) is 0 Å². The monoisotopic (exact) mass is 234 g/mol. The Bertz CT molecular complexity index is 478. The summed E-state index contributed by atoms with van der Waals surface area (Å²) < 4.78 is 30.5. The molecule has 0 saturated heterocycles. The van der Waals surface area contributed by atoms with Crippen LogP contribution in [0.2, 0.25) is 0 Å². The first-order valence-corrected chi connectivity index (χ1v) is 5.42. The zero-order valence-electron chi connectivity index (χ0n) is 7.19. The lowest BCUT2D eigenvalue weighted by Crippen LogP contribution is -2.05. The Morgan fingerprint density at radius 2 is 2.00 bits per heavy atom. The summed E-state index contributed by atoms with van der Waals surface area (Å²) in [5.74, 6) is 0. The molecule has 0 aromatic heterocycles. The van der Waals surface area contributed by atoms with E-state index in [1.54, 1.807) is 6.92 Å². The standard InChI is InChI=1S/C8H7ClO4S/c1-5-2-3-6(8(9)10)7(4-5)14(11,12)13/h2-4H,1H3,(H,11,12,13). The van der Waals surface area contributed by atoms with Gasteiger partial charge in [0.2, 0.25) is 0 Å². The van der Waals surface area contributed by atoms with E-state index in [0.29, 0.717) is 5.56 Å². The van der Waals surface area contributed by atoms with E-state index >= 15 is 0 Å². The molecule has 76 valence electrons. The zero-order chi connectivity index (χ0) is 10.9. The van der Waals surface area contributed by atoms with Crippen LogP contribution >= 0.6 is 11.6 Å². The molecule has 6 heteroatoms. The molecule has 0 radical (unpaired) electrons. The minimum atomic E-state index is -4.41. The number of carbonyl (C=O) groups is 1. The van der Waals surface area contributed by atoms with Crippen molar-refractivity contribution in [3.8, 4) is 0 Å². The molecule has 0 heterocycles. The highest BCUT2D eigenvalue weighted by molar-refractivity contribution is 7.86. The summed E-state index contributed by atoms with van der Waals surface area (Å²) in [6, 6.07) is 3.98. The second-order valence-electron chi connectivity index (χ2n) is 2.75. The van der Waals surface area contributed by atoms with Gasteiger partial charge in [-0.05, 0) is 36.2 Å². The van der Waals surface area contributed by atoms with Crippen LogP contribution in [-0.4, -0.2) is 18.2 Å². The Hall–Kier alpha value is -0.910. The molecule has 4 nitrogen and oxygen atoms in total. The van der Waals surface area contributed by atoms with Gasteiger partial charge >= 0.3 is 0 Å². The number of benzene rings is 1. The summed E-state index contributed by atoms with van der Waals surface area (Å²) in [5, 5.41) is -0.919. The highest BCUT2D eigenvalue weighted by Gasteiger charge is 2.18. The number of rotatable bonds is 2. The smallest absolute Gasteiger partial charge is 0.282 e. The van der Waals surface area contributed by atoms with Gasteiger partial charge in [0.15, 0.2) is 0 Å². The van der Waals surface area contributed by atoms with Crippen LogP contribution in [0.25, 0.3) is 0 Å². The van der Waals surface area contributed by atoms with Crippen LogP contribution < -0.4 is 0 Å². The lowest BCUT2D eigenvalue weighted by atomic mass is 10.2. The minimum Gasteiger partial charge on any atom is -0.282 e. The first kappa shape index (κ1) is 11.2. The third-order valence-corrected chi connectivity index (χ3v) is 2.72. The minimum absolute atomic E-state index is 0.222. The van der Waals surface area contributed by atoms with Gasteiger partial charge in [0.1, 0.15) is 4.90 Å². The van der Waals surface area contributed by atoms with E-state index in [0.717, 1.165) is 0 Å². The predicted molar refractivity (Wildman–Crippen MR) is 51.2 cm³/mol. The molecule has 0 amide bonds. The van der Waals surface area contributed by atoms with E-state index in [1.165, 1.54) is 18.2 Å². The summed E-state index contributed by atoms with van der Waals surface area (Å²) in [4.78, 5) is 10.4. The van der Waals surface area contributed by atoms with Crippen molar-refractivity contribution >= 4 is 27.0 Å². The fourth-order valence-electron chi connectivity index (χ4n) is 1.01. The van der Waals surface area contributed by atoms with E-state index in [-0.39, 0.29) is 5.56 Å². The van der Waals surface area contributed by atoms with Gasteiger partial charge in [-0.25, -0.2) is 0 Å². The molecule has 0 bridgehead atoms. The molecule has 0 aliphatic rings. The van der Waals surface area contributed by atoms with Crippen LogP contribution in [0.3, 0.4) is 0 Å². The van der Waals surface area contributed by atoms with Gasteiger partial charge in [0.25, 0.3) is 15.4 Å². The molecule has 1 aromatic rings. The SMILES string of the molecule is Cc1ccc(C(=O)Cl)c(S(=O)(=O)O)c1. The summed E-state index contributed by atoms with van der Waals surface area (Å²) in [6.45, 7) is 1.64. The van der Waals surface area contributed by atoms with Crippen molar-refractivity contribution in [1.29, 1.82) is 0 Å². The molecule has 0 atom stereocenters. The van der Waals surface area contributed by atoms with Crippen LogP contribution in [0.4, 0.5) is 0 Å². The average Bonchev–Trinajstić information content (AvgIpc) is 2.01. The van der Waals surface area contributed by atoms with Crippen LogP contribution in [0.15, 0.2) is 23.1 Å². The lowest BCUT2D eigenvalue weighted by molar-refractivity contribution is 0.107. The Morgan fingerprint density at radius 3 is 2.43 bits per heavy atom. The number of hydrogen-bond acceptors (Lipinski definition) is 3. The highest BCUT2D eigenvalue weighted by atomic mass is 35.5. The molecular weight excluding hydrogens is 228 g/mol. The van der Waals surface area contributed by atoms with Crippen molar-refractivity contribution in [3.63, 3.8) is 0 Å². The van der Waals surface area contributed by atoms with Crippen molar-refractivity contribution in [2.45, 2.75) is 11.8 Å². The molecule has 1 N–H and O–H groups in total. The predicted octanol–water partition coefficient (Wildman–Crippen LogP) is 1.62. The molecule has 14 heavy (non-hydrogen) atoms. The lowest BCUT2D eigenvalue weighted by Gasteiger charge is -2.03. The Labute approximate surface area is 86.3 Å². The number of carbonyl (C=O) groups excluding carboxylic acids is 1. The summed E-state index contributed by atoms with van der Waals surface area (Å²) in [6.07, 6.45) is 0. The van der Waals surface area contributed by atoms with E-state index in [4.69, 9.17) is 16.2 Å². The van der Waals surface area contributed by atoms with Crippen LogP contribution in [0.5, 0.6) is 0 Å². The fraction of sp³-hybridized carbons (Fsp3) is 0.125. The number of halogens is 1. The first-order chi connectivity index (χ1) is 6.32. The second kappa shape index (κ2) is 3.68. The molecule has 0 aliphatic carbocycles. The second-order valence-corrected chi connectivity index (χ2v) is 4.48. The van der Waals surface area contributed by atoms with E-state index in [2.05, 4.69) is 0 Å². The fourth-order valence-corrected chi connectivity index (χ4v) is 2.00. The van der Waals surface area contributed by atoms with Gasteiger partial charge in [-0.2, -0.15) is 8.42 Å². The summed E-state index contributed by atoms with van der Waals surface area (Å²) >= 11 is 5.15. The normalized spacial score (nSPS) is 11.4. The van der Waals surface area contributed by atoms with Gasteiger partial charge in [-0.1, -0.05) is 6.07 Å². The van der Waals surface area contributed by atoms with Crippen LogP contribution in [0.1, 0.15) is 15.9 Å². The van der Waals surface area contributed by atoms with Crippen LogP contribution in [0, 0.1) is 6.92 Å². The van der Waals surface area contributed by atoms with Crippen molar-refractivity contribution < 1.29 is 17.8 Å². The molecule has 0 saturated carbocycles. The maximum Gasteiger partial charge on any atom is 0.295 e. The van der Waals surface area contributed by atoms with Crippen LogP contribution in [-0.2, 0) is 10.1 Å². The largest absolute Gasteiger partial charge is 0.295 e. The molecule has 0 aliphatic heterocycles. The Morgan fingerprint density at radius 1 is 1.43 bits per heavy atom. The molecule has 0 spiro atoms. The van der Waals surface area contributed by atoms with Gasteiger partial charge in [0, 0.05) is 0 Å². The maximum atomic E-state index is 10.9. The highest BCUT2D eigenvalue weighted by Crippen LogP contribution is 2.18. The molecule has 1 rings (SSSR count). The summed E-state index contributed by atoms with van der Waals surface area (Å²) in [7, 11) is -4.41. The molecule has 1 aromatic carbocycles. The third-order valence-electron chi connectivity index (χ3n) is 1.63. The van der Waals surface area contributed by atoms with E-state index in [9.17, 15) is 13.2 Å². The number of hydrogen-bond donors (Lipinski definition) is 1. The average molecular weight is 235 g/mol. The van der Waals surface area contributed by atoms with Crippen molar-refractivity contribution in [1.82, 2.24) is 0 Å². The van der Waals surface area contributed by atoms with Gasteiger partial charge in [-0.15, -0.1) is 0 Å². The van der Waals surface area contributed by atoms with Gasteiger partial charge in [-0.3, -0.25) is 9.35 Å². The zero-order valence-corrected chi connectivity index (χ0v) is 8.76. The molecular formula is C8H7ClO4S. The quantitative estimate of drug-likeness (QED) is 0.624. The van der Waals surface area contributed by atoms with E-state index < -0.39 is 20.3 Å². The van der Waals surface area contributed by atoms with Gasteiger partial charge < -0.3 is 0 Å². The van der Waals surface area contributed by atoms with Crippen molar-refractivity contribution in [2.24, 2.45) is 0 Å². The molecule has 0 fully saturated rings. The Balaban J connectivity index is 3.54. The molecule has 0 unspecified atom stereocenters. The van der Waals surface area contributed by atoms with Crippen molar-refractivity contribution in [2.75, 3.05) is 0 Å². The number of aryl methyl sites for hydroxylation is 1. The maximum absolute atomic E-state index is 10.9. The third kappa shape index (κ3) is 2.31. The Kier molecular flexibility index (Phi) is 2.94. The topological polar surface area (TPSA) is 71.4 Å². The van der Waals surface area contributed by atoms with Crippen molar-refractivity contribution in [3.05, 3.63) is 29.3 Å². The summed E-state index contributed by atoms with van der Waals surface area (Å²) in [5.41, 5.74) is 0.388.